The van der Waals surface area contributed by atoms with Gasteiger partial charge in [0.2, 0.25) is 0 Å². The first kappa shape index (κ1) is 11.9. The molecule has 0 bridgehead atoms. The predicted molar refractivity (Wildman–Crippen MR) is 64.8 cm³/mol. The Labute approximate surface area is 103 Å². The van der Waals surface area contributed by atoms with E-state index in [1.165, 1.54) is 36.6 Å². The average molecular weight is 245 g/mol. The van der Waals surface area contributed by atoms with Crippen LogP contribution in [-0.4, -0.2) is 24.0 Å². The third-order valence-corrected chi connectivity index (χ3v) is 2.57. The lowest BCUT2D eigenvalue weighted by atomic mass is 10.1. The number of amides is 1. The van der Waals surface area contributed by atoms with Gasteiger partial charge in [0.15, 0.2) is 0 Å². The first-order chi connectivity index (χ1) is 8.61. The number of carbonyl (C=O) groups excluding carboxylic acids is 1. The molecule has 5 heteroatoms. The Morgan fingerprint density at radius 2 is 1.94 bits per heavy atom. The smallest absolute Gasteiger partial charge is 0.337 e. The van der Waals surface area contributed by atoms with E-state index in [1.54, 1.807) is 18.2 Å². The van der Waals surface area contributed by atoms with Gasteiger partial charge >= 0.3 is 5.97 Å². The highest BCUT2D eigenvalue weighted by molar-refractivity contribution is 6.08. The van der Waals surface area contributed by atoms with Crippen LogP contribution in [-0.2, 0) is 0 Å². The van der Waals surface area contributed by atoms with Crippen LogP contribution in [0.3, 0.4) is 0 Å². The second-order valence-electron chi connectivity index (χ2n) is 3.70. The molecule has 0 aliphatic carbocycles. The zero-order valence-corrected chi connectivity index (χ0v) is 9.66. The van der Waals surface area contributed by atoms with Crippen LogP contribution in [0.5, 0.6) is 0 Å². The highest BCUT2D eigenvalue weighted by Crippen LogP contribution is 2.21. The second-order valence-corrected chi connectivity index (χ2v) is 3.70. The highest BCUT2D eigenvalue weighted by atomic mass is 16.4. The minimum atomic E-state index is -1.07. The predicted octanol–water partition coefficient (Wildman–Crippen LogP) is 2.25. The average Bonchev–Trinajstić information content (AvgIpc) is 2.90. The van der Waals surface area contributed by atoms with Crippen LogP contribution >= 0.6 is 0 Å². The van der Waals surface area contributed by atoms with E-state index in [4.69, 9.17) is 9.52 Å². The van der Waals surface area contributed by atoms with Crippen molar-refractivity contribution in [2.45, 2.75) is 0 Å². The molecule has 0 saturated carbocycles. The third-order valence-electron chi connectivity index (χ3n) is 2.57. The number of carbonyl (C=O) groups is 2. The first-order valence-corrected chi connectivity index (χ1v) is 5.24. The lowest BCUT2D eigenvalue weighted by Crippen LogP contribution is -2.27. The lowest BCUT2D eigenvalue weighted by Gasteiger charge is -2.18. The van der Waals surface area contributed by atoms with Crippen molar-refractivity contribution in [1.82, 2.24) is 0 Å². The summed E-state index contributed by atoms with van der Waals surface area (Å²) in [6.45, 7) is 0. The summed E-state index contributed by atoms with van der Waals surface area (Å²) in [5.74, 6) is -1.39. The van der Waals surface area contributed by atoms with Gasteiger partial charge in [-0.1, -0.05) is 12.1 Å². The molecule has 1 aromatic carbocycles. The normalized spacial score (nSPS) is 10.1. The van der Waals surface area contributed by atoms with Gasteiger partial charge in [0.05, 0.1) is 23.1 Å². The highest BCUT2D eigenvalue weighted by Gasteiger charge is 2.19. The van der Waals surface area contributed by atoms with Crippen molar-refractivity contribution in [3.8, 4) is 0 Å². The Morgan fingerprint density at radius 1 is 1.22 bits per heavy atom. The van der Waals surface area contributed by atoms with Crippen LogP contribution in [0.2, 0.25) is 0 Å². The van der Waals surface area contributed by atoms with Gasteiger partial charge in [0.25, 0.3) is 5.91 Å². The molecule has 2 aromatic rings. The number of benzene rings is 1. The summed E-state index contributed by atoms with van der Waals surface area (Å²) < 4.78 is 4.84. The summed E-state index contributed by atoms with van der Waals surface area (Å²) >= 11 is 0. The fourth-order valence-electron chi connectivity index (χ4n) is 1.64. The zero-order valence-electron chi connectivity index (χ0n) is 9.66. The number of anilines is 1. The molecular formula is C13H11NO4. The van der Waals surface area contributed by atoms with Crippen LogP contribution in [0.4, 0.5) is 5.69 Å². The Morgan fingerprint density at radius 3 is 2.56 bits per heavy atom. The van der Waals surface area contributed by atoms with Crippen molar-refractivity contribution in [1.29, 1.82) is 0 Å². The SMILES string of the molecule is CN(C(=O)c1ccoc1)c1ccccc1C(=O)O. The van der Waals surface area contributed by atoms with Gasteiger partial charge in [-0.3, -0.25) is 4.79 Å². The van der Waals surface area contributed by atoms with Crippen LogP contribution in [0, 0.1) is 0 Å². The summed E-state index contributed by atoms with van der Waals surface area (Å²) in [6, 6.07) is 7.87. The maximum atomic E-state index is 12.1. The Bertz CT molecular complexity index is 574. The first-order valence-electron chi connectivity index (χ1n) is 5.24. The van der Waals surface area contributed by atoms with Crippen molar-refractivity contribution in [2.24, 2.45) is 0 Å². The molecule has 2 rings (SSSR count). The van der Waals surface area contributed by atoms with E-state index >= 15 is 0 Å². The molecule has 92 valence electrons. The summed E-state index contributed by atoms with van der Waals surface area (Å²) in [5.41, 5.74) is 0.797. The number of carboxylic acid groups (broad SMARTS) is 1. The number of para-hydroxylation sites is 1. The van der Waals surface area contributed by atoms with E-state index in [9.17, 15) is 9.59 Å². The molecule has 1 aromatic heterocycles. The summed E-state index contributed by atoms with van der Waals surface area (Å²) in [7, 11) is 1.52. The van der Waals surface area contributed by atoms with Gasteiger partial charge in [-0.2, -0.15) is 0 Å². The molecule has 1 N–H and O–H groups in total. The van der Waals surface area contributed by atoms with Gasteiger partial charge in [-0.25, -0.2) is 4.79 Å². The minimum Gasteiger partial charge on any atom is -0.478 e. The van der Waals surface area contributed by atoms with E-state index < -0.39 is 5.97 Å². The molecule has 1 heterocycles. The van der Waals surface area contributed by atoms with Crippen LogP contribution < -0.4 is 4.90 Å². The van der Waals surface area contributed by atoms with Crippen LogP contribution in [0.15, 0.2) is 47.3 Å². The Hall–Kier alpha value is -2.56. The standard InChI is InChI=1S/C13H11NO4/c1-14(12(15)9-6-7-18-8-9)11-5-3-2-4-10(11)13(16)17/h2-8H,1H3,(H,16,17). The number of hydrogen-bond donors (Lipinski definition) is 1. The molecule has 0 fully saturated rings. The fraction of sp³-hybridized carbons (Fsp3) is 0.0769. The Balaban J connectivity index is 2.37. The summed E-state index contributed by atoms with van der Waals surface area (Å²) in [6.07, 6.45) is 2.71. The zero-order chi connectivity index (χ0) is 13.1. The van der Waals surface area contributed by atoms with E-state index in [0.29, 0.717) is 11.3 Å². The lowest BCUT2D eigenvalue weighted by molar-refractivity contribution is 0.0697. The van der Waals surface area contributed by atoms with Gasteiger partial charge in [0, 0.05) is 7.05 Å². The van der Waals surface area contributed by atoms with E-state index in [1.807, 2.05) is 0 Å². The molecule has 0 aliphatic rings. The van der Waals surface area contributed by atoms with Crippen LogP contribution in [0.25, 0.3) is 0 Å². The fourth-order valence-corrected chi connectivity index (χ4v) is 1.64. The molecule has 0 unspecified atom stereocenters. The van der Waals surface area contributed by atoms with Crippen LogP contribution in [0.1, 0.15) is 20.7 Å². The van der Waals surface area contributed by atoms with Crippen molar-refractivity contribution >= 4 is 17.6 Å². The van der Waals surface area contributed by atoms with Crippen molar-refractivity contribution in [2.75, 3.05) is 11.9 Å². The molecule has 0 atom stereocenters. The number of hydrogen-bond acceptors (Lipinski definition) is 3. The number of aromatic carboxylic acids is 1. The van der Waals surface area contributed by atoms with Crippen molar-refractivity contribution in [3.63, 3.8) is 0 Å². The second kappa shape index (κ2) is 4.75. The van der Waals surface area contributed by atoms with Gasteiger partial charge in [-0.05, 0) is 18.2 Å². The quantitative estimate of drug-likeness (QED) is 0.900. The minimum absolute atomic E-state index is 0.0804. The van der Waals surface area contributed by atoms with Gasteiger partial charge in [-0.15, -0.1) is 0 Å². The molecule has 0 saturated heterocycles. The monoisotopic (exact) mass is 245 g/mol. The molecule has 1 amide bonds. The number of carboxylic acids is 1. The third kappa shape index (κ3) is 2.10. The van der Waals surface area contributed by atoms with Crippen molar-refractivity contribution < 1.29 is 19.1 Å². The van der Waals surface area contributed by atoms with Gasteiger partial charge in [0.1, 0.15) is 6.26 Å². The largest absolute Gasteiger partial charge is 0.478 e. The molecule has 0 aliphatic heterocycles. The summed E-state index contributed by atoms with van der Waals surface area (Å²) in [5, 5.41) is 9.07. The Kier molecular flexibility index (Phi) is 3.14. The number of furan rings is 1. The molecule has 5 nitrogen and oxygen atoms in total. The molecule has 0 radical (unpaired) electrons. The molecule has 0 spiro atoms. The van der Waals surface area contributed by atoms with E-state index in [2.05, 4.69) is 0 Å². The maximum Gasteiger partial charge on any atom is 0.337 e. The van der Waals surface area contributed by atoms with Gasteiger partial charge < -0.3 is 14.4 Å². The molecular weight excluding hydrogens is 234 g/mol. The van der Waals surface area contributed by atoms with E-state index in [0.717, 1.165) is 0 Å². The molecule has 18 heavy (non-hydrogen) atoms. The number of rotatable bonds is 3. The number of nitrogens with zero attached hydrogens (tertiary/aromatic N) is 1. The topological polar surface area (TPSA) is 70.8 Å². The maximum absolute atomic E-state index is 12.1. The summed E-state index contributed by atoms with van der Waals surface area (Å²) in [4.78, 5) is 24.4. The van der Waals surface area contributed by atoms with Crippen molar-refractivity contribution in [3.05, 3.63) is 54.0 Å². The van der Waals surface area contributed by atoms with E-state index in [-0.39, 0.29) is 11.5 Å².